The van der Waals surface area contributed by atoms with Crippen LogP contribution in [0.2, 0.25) is 0 Å². The van der Waals surface area contributed by atoms with Gasteiger partial charge in [-0.15, -0.1) is 0 Å². The van der Waals surface area contributed by atoms with Gasteiger partial charge < -0.3 is 17.2 Å². The maximum atomic E-state index is 10.8. The smallest absolute Gasteiger partial charge is 0.231 e. The van der Waals surface area contributed by atoms with Crippen molar-refractivity contribution in [2.24, 2.45) is 29.0 Å². The van der Waals surface area contributed by atoms with Crippen LogP contribution in [0.1, 0.15) is 13.8 Å². The van der Waals surface area contributed by atoms with Crippen LogP contribution in [0, 0.1) is 11.8 Å². The second kappa shape index (κ2) is 7.19. The lowest BCUT2D eigenvalue weighted by Crippen LogP contribution is -2.44. The molecule has 16 heavy (non-hydrogen) atoms. The second-order valence-corrected chi connectivity index (χ2v) is 4.34. The molecule has 0 aliphatic carbocycles. The van der Waals surface area contributed by atoms with Crippen molar-refractivity contribution in [3.63, 3.8) is 0 Å². The molecule has 0 saturated carbocycles. The largest absolute Gasteiger partial charge is 0.369 e. The molecule has 0 rings (SSSR count). The summed E-state index contributed by atoms with van der Waals surface area (Å²) in [7, 11) is 0. The summed E-state index contributed by atoms with van der Waals surface area (Å²) in [4.78, 5) is 23.3. The highest BCUT2D eigenvalue weighted by atomic mass is 16.2. The third-order valence-electron chi connectivity index (χ3n) is 2.50. The fraction of sp³-hybridized carbons (Fsp3) is 0.800. The van der Waals surface area contributed by atoms with E-state index < -0.39 is 11.8 Å². The summed E-state index contributed by atoms with van der Waals surface area (Å²) < 4.78 is 0. The van der Waals surface area contributed by atoms with Gasteiger partial charge in [0.2, 0.25) is 11.8 Å². The molecule has 0 heterocycles. The van der Waals surface area contributed by atoms with Crippen LogP contribution >= 0.6 is 0 Å². The highest BCUT2D eigenvalue weighted by Gasteiger charge is 2.18. The van der Waals surface area contributed by atoms with Gasteiger partial charge in [-0.05, 0) is 18.4 Å². The molecule has 0 radical (unpaired) electrons. The summed E-state index contributed by atoms with van der Waals surface area (Å²) in [5, 5.41) is 0. The molecule has 0 aromatic rings. The highest BCUT2D eigenvalue weighted by Crippen LogP contribution is 2.10. The zero-order valence-electron chi connectivity index (χ0n) is 9.98. The predicted octanol–water partition coefficient (Wildman–Crippen LogP) is -1.51. The Morgan fingerprint density at radius 3 is 1.81 bits per heavy atom. The van der Waals surface area contributed by atoms with Gasteiger partial charge in [-0.2, -0.15) is 0 Å². The topological polar surface area (TPSA) is 115 Å². The van der Waals surface area contributed by atoms with Gasteiger partial charge in [0.1, 0.15) is 0 Å². The molecule has 6 heteroatoms. The molecule has 0 fully saturated rings. The molecule has 2 amide bonds. The summed E-state index contributed by atoms with van der Waals surface area (Å²) in [5.41, 5.74) is 15.8. The Bertz CT molecular complexity index is 227. The molecule has 0 bridgehead atoms. The summed E-state index contributed by atoms with van der Waals surface area (Å²) >= 11 is 0. The van der Waals surface area contributed by atoms with Crippen LogP contribution in [0.4, 0.5) is 0 Å². The van der Waals surface area contributed by atoms with Crippen molar-refractivity contribution in [1.82, 2.24) is 4.90 Å². The van der Waals surface area contributed by atoms with Crippen molar-refractivity contribution >= 4 is 11.8 Å². The van der Waals surface area contributed by atoms with Gasteiger partial charge in [-0.1, -0.05) is 13.8 Å². The Balaban J connectivity index is 4.38. The first-order chi connectivity index (χ1) is 7.36. The van der Waals surface area contributed by atoms with E-state index in [0.717, 1.165) is 0 Å². The molecule has 0 spiro atoms. The third kappa shape index (κ3) is 6.36. The quantitative estimate of drug-likeness (QED) is 0.470. The van der Waals surface area contributed by atoms with Crippen LogP contribution in [0.25, 0.3) is 0 Å². The average molecular weight is 230 g/mol. The Labute approximate surface area is 96.1 Å². The standard InChI is InChI=1S/C10H22N4O2/c1-7(2)8(3-11)4-14(5-9(12)15)6-10(13)16/h7-8H,3-6,11H2,1-2H3,(H2,12,15)(H2,13,16). The molecule has 0 aliphatic heterocycles. The molecule has 94 valence electrons. The van der Waals surface area contributed by atoms with Crippen LogP contribution < -0.4 is 17.2 Å². The lowest BCUT2D eigenvalue weighted by atomic mass is 9.95. The number of nitrogens with zero attached hydrogens (tertiary/aromatic N) is 1. The molecule has 0 aromatic heterocycles. The minimum Gasteiger partial charge on any atom is -0.369 e. The number of amides is 2. The van der Waals surface area contributed by atoms with E-state index in [1.807, 2.05) is 13.8 Å². The number of hydrogen-bond acceptors (Lipinski definition) is 4. The minimum atomic E-state index is -0.472. The first-order valence-corrected chi connectivity index (χ1v) is 5.35. The highest BCUT2D eigenvalue weighted by molar-refractivity contribution is 5.79. The predicted molar refractivity (Wildman–Crippen MR) is 62.2 cm³/mol. The SMILES string of the molecule is CC(C)C(CN)CN(CC(N)=O)CC(N)=O. The summed E-state index contributed by atoms with van der Waals surface area (Å²) in [6.45, 7) is 5.22. The lowest BCUT2D eigenvalue weighted by Gasteiger charge is -2.26. The fourth-order valence-corrected chi connectivity index (χ4v) is 1.51. The number of nitrogens with two attached hydrogens (primary N) is 3. The second-order valence-electron chi connectivity index (χ2n) is 4.34. The van der Waals surface area contributed by atoms with Gasteiger partial charge in [-0.3, -0.25) is 14.5 Å². The number of primary amides is 2. The molecule has 0 aliphatic rings. The summed E-state index contributed by atoms with van der Waals surface area (Å²) in [6, 6.07) is 0. The molecule has 1 atom stereocenters. The van der Waals surface area contributed by atoms with Crippen molar-refractivity contribution in [3.05, 3.63) is 0 Å². The maximum absolute atomic E-state index is 10.8. The van der Waals surface area contributed by atoms with Gasteiger partial charge in [-0.25, -0.2) is 0 Å². The van der Waals surface area contributed by atoms with E-state index in [9.17, 15) is 9.59 Å². The number of carbonyl (C=O) groups is 2. The number of hydrogen-bond donors (Lipinski definition) is 3. The van der Waals surface area contributed by atoms with Gasteiger partial charge in [0.05, 0.1) is 13.1 Å². The molecule has 0 saturated heterocycles. The zero-order valence-corrected chi connectivity index (χ0v) is 9.98. The third-order valence-corrected chi connectivity index (χ3v) is 2.50. The minimum absolute atomic E-state index is 0.0339. The van der Waals surface area contributed by atoms with Crippen LogP contribution in [-0.2, 0) is 9.59 Å². The van der Waals surface area contributed by atoms with Crippen molar-refractivity contribution in [3.8, 4) is 0 Å². The fourth-order valence-electron chi connectivity index (χ4n) is 1.51. The zero-order chi connectivity index (χ0) is 12.7. The molecular formula is C10H22N4O2. The lowest BCUT2D eigenvalue weighted by molar-refractivity contribution is -0.122. The monoisotopic (exact) mass is 230 g/mol. The van der Waals surface area contributed by atoms with Gasteiger partial charge in [0.15, 0.2) is 0 Å². The van der Waals surface area contributed by atoms with Gasteiger partial charge >= 0.3 is 0 Å². The van der Waals surface area contributed by atoms with Crippen molar-refractivity contribution in [1.29, 1.82) is 0 Å². The summed E-state index contributed by atoms with van der Waals surface area (Å²) in [5.74, 6) is -0.339. The van der Waals surface area contributed by atoms with Gasteiger partial charge in [0.25, 0.3) is 0 Å². The Kier molecular flexibility index (Phi) is 6.67. The van der Waals surface area contributed by atoms with Crippen LogP contribution in [0.15, 0.2) is 0 Å². The molecule has 6 N–H and O–H groups in total. The van der Waals surface area contributed by atoms with Crippen LogP contribution in [0.3, 0.4) is 0 Å². The molecule has 0 aromatic carbocycles. The Morgan fingerprint density at radius 2 is 1.56 bits per heavy atom. The van der Waals surface area contributed by atoms with E-state index in [2.05, 4.69) is 0 Å². The van der Waals surface area contributed by atoms with Crippen LogP contribution in [-0.4, -0.2) is 42.9 Å². The van der Waals surface area contributed by atoms with E-state index in [4.69, 9.17) is 17.2 Å². The van der Waals surface area contributed by atoms with Crippen molar-refractivity contribution < 1.29 is 9.59 Å². The van der Waals surface area contributed by atoms with E-state index >= 15 is 0 Å². The summed E-state index contributed by atoms with van der Waals surface area (Å²) in [6.07, 6.45) is 0. The molecule has 1 unspecified atom stereocenters. The van der Waals surface area contributed by atoms with E-state index in [1.165, 1.54) is 0 Å². The first-order valence-electron chi connectivity index (χ1n) is 5.35. The number of rotatable bonds is 8. The Morgan fingerprint density at radius 1 is 1.12 bits per heavy atom. The normalized spacial score (nSPS) is 13.1. The van der Waals surface area contributed by atoms with Gasteiger partial charge in [0, 0.05) is 6.54 Å². The maximum Gasteiger partial charge on any atom is 0.231 e. The van der Waals surface area contributed by atoms with Crippen molar-refractivity contribution in [2.45, 2.75) is 13.8 Å². The first kappa shape index (κ1) is 14.9. The molecular weight excluding hydrogens is 208 g/mol. The average Bonchev–Trinajstić information content (AvgIpc) is 2.11. The van der Waals surface area contributed by atoms with E-state index in [0.29, 0.717) is 19.0 Å². The van der Waals surface area contributed by atoms with E-state index in [-0.39, 0.29) is 19.0 Å². The Hall–Kier alpha value is -1.14. The number of carbonyl (C=O) groups excluding carboxylic acids is 2. The van der Waals surface area contributed by atoms with Crippen molar-refractivity contribution in [2.75, 3.05) is 26.2 Å². The van der Waals surface area contributed by atoms with E-state index in [1.54, 1.807) is 4.90 Å². The molecule has 6 nitrogen and oxygen atoms in total. The van der Waals surface area contributed by atoms with Crippen LogP contribution in [0.5, 0.6) is 0 Å².